The SMILES string of the molecule is C[C@@H](CC1NNCN1C)C1CC(F)CC(N2CC3C(CCCC3C(F)(F)F)C2=O)C1. The van der Waals surface area contributed by atoms with Crippen LogP contribution in [0.4, 0.5) is 17.6 Å². The molecule has 2 saturated heterocycles. The molecule has 2 N–H and O–H groups in total. The molecule has 4 aliphatic rings. The van der Waals surface area contributed by atoms with Gasteiger partial charge in [-0.25, -0.2) is 15.2 Å². The number of alkyl halides is 4. The molecule has 172 valence electrons. The second-order valence-corrected chi connectivity index (χ2v) is 10.0. The molecule has 2 aliphatic heterocycles. The first kappa shape index (κ1) is 22.3. The van der Waals surface area contributed by atoms with Gasteiger partial charge in [-0.2, -0.15) is 13.2 Å². The Labute approximate surface area is 175 Å². The van der Waals surface area contributed by atoms with Gasteiger partial charge in [0.2, 0.25) is 5.91 Å². The number of carbonyl (C=O) groups is 1. The fourth-order valence-corrected chi connectivity index (χ4v) is 6.37. The minimum absolute atomic E-state index is 0.109. The van der Waals surface area contributed by atoms with Crippen LogP contribution in [-0.2, 0) is 4.79 Å². The molecule has 8 atom stereocenters. The van der Waals surface area contributed by atoms with Gasteiger partial charge in [-0.3, -0.25) is 9.69 Å². The highest BCUT2D eigenvalue weighted by atomic mass is 19.4. The van der Waals surface area contributed by atoms with Crippen molar-refractivity contribution < 1.29 is 22.4 Å². The van der Waals surface area contributed by atoms with E-state index < -0.39 is 30.1 Å². The monoisotopic (exact) mass is 434 g/mol. The van der Waals surface area contributed by atoms with E-state index in [1.165, 1.54) is 0 Å². The first-order valence-electron chi connectivity index (χ1n) is 11.3. The van der Waals surface area contributed by atoms with Crippen LogP contribution >= 0.6 is 0 Å². The molecule has 2 saturated carbocycles. The molecule has 5 nitrogen and oxygen atoms in total. The summed E-state index contributed by atoms with van der Waals surface area (Å²) in [6.07, 6.45) is -1.72. The van der Waals surface area contributed by atoms with Crippen LogP contribution in [0.2, 0.25) is 0 Å². The maximum absolute atomic E-state index is 14.7. The molecule has 4 rings (SSSR count). The Hall–Kier alpha value is -0.930. The zero-order valence-corrected chi connectivity index (χ0v) is 17.8. The summed E-state index contributed by atoms with van der Waals surface area (Å²) >= 11 is 0. The predicted molar refractivity (Wildman–Crippen MR) is 105 cm³/mol. The molecule has 7 unspecified atom stereocenters. The average molecular weight is 435 g/mol. The highest BCUT2D eigenvalue weighted by molar-refractivity contribution is 5.82. The molecule has 30 heavy (non-hydrogen) atoms. The van der Waals surface area contributed by atoms with Gasteiger partial charge in [0.1, 0.15) is 6.17 Å². The number of hydrogen-bond donors (Lipinski definition) is 2. The molecule has 0 aromatic carbocycles. The maximum Gasteiger partial charge on any atom is 0.392 e. The lowest BCUT2D eigenvalue weighted by atomic mass is 9.73. The number of nitrogens with zero attached hydrogens (tertiary/aromatic N) is 2. The number of hydrogen-bond acceptors (Lipinski definition) is 4. The van der Waals surface area contributed by atoms with Crippen molar-refractivity contribution in [1.29, 1.82) is 0 Å². The lowest BCUT2D eigenvalue weighted by molar-refractivity contribution is -0.198. The van der Waals surface area contributed by atoms with E-state index in [-0.39, 0.29) is 49.3 Å². The van der Waals surface area contributed by atoms with Gasteiger partial charge in [-0.15, -0.1) is 0 Å². The Kier molecular flexibility index (Phi) is 6.34. The van der Waals surface area contributed by atoms with Crippen LogP contribution in [0.25, 0.3) is 0 Å². The first-order chi connectivity index (χ1) is 14.1. The van der Waals surface area contributed by atoms with Crippen molar-refractivity contribution in [2.24, 2.45) is 29.6 Å². The van der Waals surface area contributed by atoms with E-state index in [4.69, 9.17) is 0 Å². The molecule has 0 spiro atoms. The minimum atomic E-state index is -4.26. The summed E-state index contributed by atoms with van der Waals surface area (Å²) < 4.78 is 55.3. The van der Waals surface area contributed by atoms with Crippen molar-refractivity contribution >= 4 is 5.91 Å². The molecular weight excluding hydrogens is 400 g/mol. The van der Waals surface area contributed by atoms with E-state index >= 15 is 0 Å². The van der Waals surface area contributed by atoms with E-state index in [2.05, 4.69) is 22.7 Å². The smallest absolute Gasteiger partial charge is 0.339 e. The number of rotatable bonds is 4. The van der Waals surface area contributed by atoms with Gasteiger partial charge in [0.15, 0.2) is 0 Å². The van der Waals surface area contributed by atoms with Crippen molar-refractivity contribution in [1.82, 2.24) is 20.7 Å². The van der Waals surface area contributed by atoms with E-state index in [0.29, 0.717) is 25.7 Å². The second kappa shape index (κ2) is 8.54. The fraction of sp³-hybridized carbons (Fsp3) is 0.952. The molecule has 1 amide bonds. The summed E-state index contributed by atoms with van der Waals surface area (Å²) in [4.78, 5) is 16.8. The van der Waals surface area contributed by atoms with E-state index in [1.807, 2.05) is 7.05 Å². The number of nitrogens with one attached hydrogen (secondary N) is 2. The highest BCUT2D eigenvalue weighted by Crippen LogP contribution is 2.49. The number of likely N-dealkylation sites (tertiary alicyclic amines) is 1. The quantitative estimate of drug-likeness (QED) is 0.667. The third kappa shape index (κ3) is 4.35. The van der Waals surface area contributed by atoms with Crippen LogP contribution < -0.4 is 10.9 Å². The summed E-state index contributed by atoms with van der Waals surface area (Å²) in [6.45, 7) is 3.02. The Morgan fingerprint density at radius 1 is 1.20 bits per heavy atom. The van der Waals surface area contributed by atoms with Crippen molar-refractivity contribution in [3.05, 3.63) is 0 Å². The average Bonchev–Trinajstić information content (AvgIpc) is 3.23. The van der Waals surface area contributed by atoms with E-state index in [1.54, 1.807) is 4.90 Å². The highest BCUT2D eigenvalue weighted by Gasteiger charge is 2.56. The Morgan fingerprint density at radius 2 is 1.97 bits per heavy atom. The topological polar surface area (TPSA) is 47.6 Å². The van der Waals surface area contributed by atoms with Crippen molar-refractivity contribution in [3.8, 4) is 0 Å². The van der Waals surface area contributed by atoms with Gasteiger partial charge >= 0.3 is 6.18 Å². The van der Waals surface area contributed by atoms with Crippen molar-refractivity contribution in [3.63, 3.8) is 0 Å². The zero-order chi connectivity index (χ0) is 21.6. The molecule has 0 radical (unpaired) electrons. The number of hydrazine groups is 1. The fourth-order valence-electron chi connectivity index (χ4n) is 6.37. The second-order valence-electron chi connectivity index (χ2n) is 10.0. The van der Waals surface area contributed by atoms with Crippen LogP contribution in [0.15, 0.2) is 0 Å². The lowest BCUT2D eigenvalue weighted by Gasteiger charge is -2.40. The molecule has 0 aromatic heterocycles. The molecule has 0 aromatic rings. The van der Waals surface area contributed by atoms with Crippen LogP contribution in [0, 0.1) is 29.6 Å². The van der Waals surface area contributed by atoms with Gasteiger partial charge in [-0.05, 0) is 63.3 Å². The number of halogens is 4. The number of carbonyl (C=O) groups excluding carboxylic acids is 1. The van der Waals surface area contributed by atoms with E-state index in [0.717, 1.165) is 13.1 Å². The molecule has 0 bridgehead atoms. The Bertz CT molecular complexity index is 633. The van der Waals surface area contributed by atoms with Gasteiger partial charge < -0.3 is 4.90 Å². The van der Waals surface area contributed by atoms with Crippen LogP contribution in [0.5, 0.6) is 0 Å². The van der Waals surface area contributed by atoms with Gasteiger partial charge in [-0.1, -0.05) is 13.3 Å². The normalized spacial score (nSPS) is 41.9. The molecule has 9 heteroatoms. The standard InChI is InChI=1S/C21H34F4N4O/c1-12(6-19-27-26-11-28(19)2)13-7-14(22)9-15(8-13)29-10-17-16(20(29)30)4-3-5-18(17)21(23,24)25/h12-19,26-27H,3-11H2,1-2H3/t12-,13?,14?,15?,16?,17?,18?,19?/m0/s1. The van der Waals surface area contributed by atoms with Gasteiger partial charge in [0.05, 0.1) is 18.8 Å². The van der Waals surface area contributed by atoms with Crippen LogP contribution in [0.1, 0.15) is 51.9 Å². The predicted octanol–water partition coefficient (Wildman–Crippen LogP) is 3.28. The number of amides is 1. The van der Waals surface area contributed by atoms with E-state index in [9.17, 15) is 22.4 Å². The largest absolute Gasteiger partial charge is 0.392 e. The summed E-state index contributed by atoms with van der Waals surface area (Å²) in [5.74, 6) is -2.38. The molecule has 2 aliphatic carbocycles. The summed E-state index contributed by atoms with van der Waals surface area (Å²) in [5.41, 5.74) is 6.33. The maximum atomic E-state index is 14.7. The summed E-state index contributed by atoms with van der Waals surface area (Å²) in [7, 11) is 2.02. The lowest BCUT2D eigenvalue weighted by Crippen LogP contribution is -2.45. The zero-order valence-electron chi connectivity index (χ0n) is 17.8. The third-order valence-electron chi connectivity index (χ3n) is 8.12. The third-order valence-corrected chi connectivity index (χ3v) is 8.12. The summed E-state index contributed by atoms with van der Waals surface area (Å²) in [5, 5.41) is 0. The van der Waals surface area contributed by atoms with Crippen LogP contribution in [-0.4, -0.2) is 60.5 Å². The Morgan fingerprint density at radius 3 is 2.63 bits per heavy atom. The molecule has 2 heterocycles. The molecule has 4 fully saturated rings. The molecular formula is C21H34F4N4O. The Balaban J connectivity index is 1.43. The van der Waals surface area contributed by atoms with Gasteiger partial charge in [0, 0.05) is 18.5 Å². The first-order valence-corrected chi connectivity index (χ1v) is 11.3. The van der Waals surface area contributed by atoms with Crippen molar-refractivity contribution in [2.45, 2.75) is 76.4 Å². The van der Waals surface area contributed by atoms with Crippen molar-refractivity contribution in [2.75, 3.05) is 20.3 Å². The summed E-state index contributed by atoms with van der Waals surface area (Å²) in [6, 6.07) is -0.277. The number of fused-ring (bicyclic) bond motifs is 1. The van der Waals surface area contributed by atoms with Gasteiger partial charge in [0.25, 0.3) is 0 Å². The minimum Gasteiger partial charge on any atom is -0.339 e. The van der Waals surface area contributed by atoms with Crippen LogP contribution in [0.3, 0.4) is 0 Å².